The highest BCUT2D eigenvalue weighted by molar-refractivity contribution is 5.90. The lowest BCUT2D eigenvalue weighted by atomic mass is 9.93. The molecular weight excluding hydrogens is 338 g/mol. The van der Waals surface area contributed by atoms with Gasteiger partial charge in [0.05, 0.1) is 0 Å². The summed E-state index contributed by atoms with van der Waals surface area (Å²) < 4.78 is 0. The molecule has 27 heavy (non-hydrogen) atoms. The highest BCUT2D eigenvalue weighted by Gasteiger charge is 2.22. The third-order valence-electron chi connectivity index (χ3n) is 4.89. The summed E-state index contributed by atoms with van der Waals surface area (Å²) in [4.78, 5) is 23.3. The smallest absolute Gasteiger partial charge is 0.224 e. The summed E-state index contributed by atoms with van der Waals surface area (Å²) in [6.07, 6.45) is 6.45. The number of amides is 1. The Labute approximate surface area is 161 Å². The van der Waals surface area contributed by atoms with Gasteiger partial charge in [-0.2, -0.15) is 0 Å². The molecule has 2 aromatic rings. The van der Waals surface area contributed by atoms with E-state index in [4.69, 9.17) is 0 Å². The molecule has 0 aliphatic carbocycles. The van der Waals surface area contributed by atoms with E-state index < -0.39 is 0 Å². The van der Waals surface area contributed by atoms with Gasteiger partial charge in [0.2, 0.25) is 5.91 Å². The molecule has 3 rings (SSSR count). The van der Waals surface area contributed by atoms with Crippen molar-refractivity contribution in [3.8, 4) is 0 Å². The van der Waals surface area contributed by atoms with Gasteiger partial charge in [-0.1, -0.05) is 25.1 Å². The van der Waals surface area contributed by atoms with Crippen LogP contribution in [0.5, 0.6) is 0 Å². The number of aromatic nitrogens is 2. The molecule has 1 aromatic heterocycles. The summed E-state index contributed by atoms with van der Waals surface area (Å²) in [5.74, 6) is 2.46. The monoisotopic (exact) mass is 367 g/mol. The van der Waals surface area contributed by atoms with Crippen molar-refractivity contribution in [2.45, 2.75) is 39.0 Å². The summed E-state index contributed by atoms with van der Waals surface area (Å²) in [6.45, 7) is 5.01. The van der Waals surface area contributed by atoms with Crippen LogP contribution in [0.3, 0.4) is 0 Å². The average Bonchev–Trinajstić information content (AvgIpc) is 2.72. The molecule has 1 saturated heterocycles. The van der Waals surface area contributed by atoms with Crippen molar-refractivity contribution in [2.24, 2.45) is 5.92 Å². The number of anilines is 3. The SMILES string of the molecule is CCCNc1cc(N2CCCC(CCC(=O)Nc3ccccc3)C2)ncn1. The number of nitrogens with one attached hydrogen (secondary N) is 2. The lowest BCUT2D eigenvalue weighted by molar-refractivity contribution is -0.116. The van der Waals surface area contributed by atoms with Crippen LogP contribution >= 0.6 is 0 Å². The molecule has 2 N–H and O–H groups in total. The van der Waals surface area contributed by atoms with E-state index in [1.807, 2.05) is 36.4 Å². The van der Waals surface area contributed by atoms with E-state index in [-0.39, 0.29) is 5.91 Å². The van der Waals surface area contributed by atoms with Crippen molar-refractivity contribution in [3.05, 3.63) is 42.7 Å². The molecule has 1 amide bonds. The van der Waals surface area contributed by atoms with Gasteiger partial charge >= 0.3 is 0 Å². The molecule has 1 atom stereocenters. The second kappa shape index (κ2) is 9.90. The maximum absolute atomic E-state index is 12.2. The van der Waals surface area contributed by atoms with Crippen LogP contribution in [-0.2, 0) is 4.79 Å². The molecule has 0 radical (unpaired) electrons. The minimum Gasteiger partial charge on any atom is -0.370 e. The molecule has 6 nitrogen and oxygen atoms in total. The Morgan fingerprint density at radius 1 is 1.26 bits per heavy atom. The normalized spacial score (nSPS) is 16.8. The van der Waals surface area contributed by atoms with E-state index in [9.17, 15) is 4.79 Å². The zero-order chi connectivity index (χ0) is 18.9. The first-order valence-corrected chi connectivity index (χ1v) is 9.90. The molecule has 1 aliphatic heterocycles. The Hall–Kier alpha value is -2.63. The van der Waals surface area contributed by atoms with Gasteiger partial charge in [0.1, 0.15) is 18.0 Å². The van der Waals surface area contributed by atoms with Crippen molar-refractivity contribution in [1.82, 2.24) is 9.97 Å². The van der Waals surface area contributed by atoms with Crippen molar-refractivity contribution < 1.29 is 4.79 Å². The van der Waals surface area contributed by atoms with Crippen molar-refractivity contribution in [2.75, 3.05) is 35.2 Å². The Bertz CT molecular complexity index is 722. The lowest BCUT2D eigenvalue weighted by Crippen LogP contribution is -2.36. The number of carbonyl (C=O) groups excluding carboxylic acids is 1. The van der Waals surface area contributed by atoms with Crippen LogP contribution in [0, 0.1) is 5.92 Å². The van der Waals surface area contributed by atoms with E-state index >= 15 is 0 Å². The standard InChI is InChI=1S/C21H29N5O/c1-2-12-22-19-14-20(24-16-23-19)26-13-6-7-17(15-26)10-11-21(27)25-18-8-4-3-5-9-18/h3-5,8-9,14,16-17H,2,6-7,10-13,15H2,1H3,(H,25,27)(H,22,23,24). The van der Waals surface area contributed by atoms with Gasteiger partial charge < -0.3 is 15.5 Å². The molecular formula is C21H29N5O. The molecule has 1 aliphatic rings. The van der Waals surface area contributed by atoms with Crippen molar-refractivity contribution >= 4 is 23.2 Å². The van der Waals surface area contributed by atoms with E-state index in [1.54, 1.807) is 6.33 Å². The van der Waals surface area contributed by atoms with E-state index in [2.05, 4.69) is 32.4 Å². The number of hydrogen-bond acceptors (Lipinski definition) is 5. The van der Waals surface area contributed by atoms with E-state index in [0.717, 1.165) is 56.2 Å². The van der Waals surface area contributed by atoms with Crippen molar-refractivity contribution in [1.29, 1.82) is 0 Å². The summed E-state index contributed by atoms with van der Waals surface area (Å²) in [5, 5.41) is 6.29. The van der Waals surface area contributed by atoms with Gasteiger partial charge in [-0.25, -0.2) is 9.97 Å². The fourth-order valence-corrected chi connectivity index (χ4v) is 3.46. The second-order valence-corrected chi connectivity index (χ2v) is 7.10. The highest BCUT2D eigenvalue weighted by atomic mass is 16.1. The third-order valence-corrected chi connectivity index (χ3v) is 4.89. The summed E-state index contributed by atoms with van der Waals surface area (Å²) in [7, 11) is 0. The zero-order valence-corrected chi connectivity index (χ0v) is 16.0. The molecule has 144 valence electrons. The quantitative estimate of drug-likeness (QED) is 0.740. The topological polar surface area (TPSA) is 70.2 Å². The number of hydrogen-bond donors (Lipinski definition) is 2. The van der Waals surface area contributed by atoms with Gasteiger partial charge in [-0.3, -0.25) is 4.79 Å². The number of benzene rings is 1. The van der Waals surface area contributed by atoms with Crippen LogP contribution in [0.2, 0.25) is 0 Å². The van der Waals surface area contributed by atoms with Crippen LogP contribution in [0.15, 0.2) is 42.7 Å². The van der Waals surface area contributed by atoms with Gasteiger partial charge in [0, 0.05) is 37.8 Å². The fourth-order valence-electron chi connectivity index (χ4n) is 3.46. The Morgan fingerprint density at radius 2 is 2.11 bits per heavy atom. The van der Waals surface area contributed by atoms with Crippen LogP contribution < -0.4 is 15.5 Å². The van der Waals surface area contributed by atoms with E-state index in [1.165, 1.54) is 6.42 Å². The number of piperidine rings is 1. The average molecular weight is 367 g/mol. The van der Waals surface area contributed by atoms with Gasteiger partial charge in [0.15, 0.2) is 0 Å². The first kappa shape index (κ1) is 19.1. The highest BCUT2D eigenvalue weighted by Crippen LogP contribution is 2.25. The molecule has 0 saturated carbocycles. The third kappa shape index (κ3) is 5.94. The van der Waals surface area contributed by atoms with Crippen LogP contribution in [0.25, 0.3) is 0 Å². The maximum Gasteiger partial charge on any atom is 0.224 e. The summed E-state index contributed by atoms with van der Waals surface area (Å²) in [5.41, 5.74) is 0.862. The first-order valence-electron chi connectivity index (χ1n) is 9.90. The molecule has 0 bridgehead atoms. The van der Waals surface area contributed by atoms with Gasteiger partial charge in [0.25, 0.3) is 0 Å². The zero-order valence-electron chi connectivity index (χ0n) is 16.0. The van der Waals surface area contributed by atoms with Crippen LogP contribution in [-0.4, -0.2) is 35.5 Å². The molecule has 2 heterocycles. The molecule has 1 aromatic carbocycles. The van der Waals surface area contributed by atoms with Crippen LogP contribution in [0.1, 0.15) is 39.0 Å². The number of rotatable bonds is 8. The van der Waals surface area contributed by atoms with Crippen LogP contribution in [0.4, 0.5) is 17.3 Å². The Morgan fingerprint density at radius 3 is 2.93 bits per heavy atom. The predicted octanol–water partition coefficient (Wildman–Crippen LogP) is 3.93. The lowest BCUT2D eigenvalue weighted by Gasteiger charge is -2.33. The maximum atomic E-state index is 12.2. The Kier molecular flexibility index (Phi) is 7.02. The molecule has 1 fully saturated rings. The largest absolute Gasteiger partial charge is 0.370 e. The minimum atomic E-state index is 0.0893. The van der Waals surface area contributed by atoms with Gasteiger partial charge in [-0.05, 0) is 43.7 Å². The first-order chi connectivity index (χ1) is 13.2. The number of carbonyl (C=O) groups is 1. The predicted molar refractivity (Wildman–Crippen MR) is 110 cm³/mol. The number of nitrogens with zero attached hydrogens (tertiary/aromatic N) is 3. The second-order valence-electron chi connectivity index (χ2n) is 7.10. The fraction of sp³-hybridized carbons (Fsp3) is 0.476. The summed E-state index contributed by atoms with van der Waals surface area (Å²) in [6, 6.07) is 11.7. The number of para-hydroxylation sites is 1. The molecule has 0 spiro atoms. The van der Waals surface area contributed by atoms with E-state index in [0.29, 0.717) is 12.3 Å². The molecule has 6 heteroatoms. The minimum absolute atomic E-state index is 0.0893. The summed E-state index contributed by atoms with van der Waals surface area (Å²) >= 11 is 0. The van der Waals surface area contributed by atoms with Gasteiger partial charge in [-0.15, -0.1) is 0 Å². The Balaban J connectivity index is 1.50. The molecule has 1 unspecified atom stereocenters. The van der Waals surface area contributed by atoms with Crippen molar-refractivity contribution in [3.63, 3.8) is 0 Å².